The monoisotopic (exact) mass is 394 g/mol. The molecule has 2 heterocycles. The van der Waals surface area contributed by atoms with Crippen LogP contribution in [0.25, 0.3) is 5.69 Å². The van der Waals surface area contributed by atoms with E-state index >= 15 is 0 Å². The minimum absolute atomic E-state index is 0.300. The van der Waals surface area contributed by atoms with Crippen LogP contribution < -0.4 is 10.2 Å². The minimum Gasteiger partial charge on any atom is -0.423 e. The lowest BCUT2D eigenvalue weighted by Gasteiger charge is -2.10. The quantitative estimate of drug-likeness (QED) is 0.465. The standard InChI is InChI=1S/C18H18N8OS/c1-2-16-20-22-18(28)26(16)19-12-13-8-10-15(11-9-13)27-17-21-23-24-25(17)14-6-4-3-5-7-14/h3-11,19H,2,12H2,1H3,(H,22,28). The van der Waals surface area contributed by atoms with Crippen LogP contribution in [0.5, 0.6) is 11.8 Å². The van der Waals surface area contributed by atoms with Gasteiger partial charge in [-0.2, -0.15) is 9.78 Å². The SMILES string of the molecule is CCc1n[nH]c(=S)n1NCc1ccc(Oc2nnnn2-c2ccccc2)cc1. The van der Waals surface area contributed by atoms with Crippen molar-refractivity contribution >= 4 is 12.2 Å². The summed E-state index contributed by atoms with van der Waals surface area (Å²) in [6, 6.07) is 17.6. The number of hydrogen-bond donors (Lipinski definition) is 2. The molecule has 0 spiro atoms. The molecule has 0 bridgehead atoms. The third kappa shape index (κ3) is 3.76. The number of aromatic nitrogens is 7. The summed E-state index contributed by atoms with van der Waals surface area (Å²) in [7, 11) is 0. The maximum Gasteiger partial charge on any atom is 0.345 e. The summed E-state index contributed by atoms with van der Waals surface area (Å²) in [5, 5.41) is 18.6. The normalized spacial score (nSPS) is 10.8. The average molecular weight is 394 g/mol. The highest BCUT2D eigenvalue weighted by atomic mass is 32.1. The first kappa shape index (κ1) is 17.9. The second-order valence-corrected chi connectivity index (χ2v) is 6.31. The van der Waals surface area contributed by atoms with E-state index in [1.165, 1.54) is 0 Å². The largest absolute Gasteiger partial charge is 0.423 e. The zero-order chi connectivity index (χ0) is 19.3. The van der Waals surface area contributed by atoms with Crippen LogP contribution in [0.15, 0.2) is 54.6 Å². The third-order valence-corrected chi connectivity index (χ3v) is 4.35. The van der Waals surface area contributed by atoms with Crippen molar-refractivity contribution in [3.63, 3.8) is 0 Å². The second kappa shape index (κ2) is 8.01. The average Bonchev–Trinajstić information content (AvgIpc) is 3.34. The fourth-order valence-corrected chi connectivity index (χ4v) is 2.87. The van der Waals surface area contributed by atoms with Crippen molar-refractivity contribution in [1.29, 1.82) is 0 Å². The molecule has 2 aromatic carbocycles. The molecule has 10 heteroatoms. The first-order chi connectivity index (χ1) is 13.7. The summed E-state index contributed by atoms with van der Waals surface area (Å²) in [6.07, 6.45) is 0.781. The zero-order valence-corrected chi connectivity index (χ0v) is 15.9. The van der Waals surface area contributed by atoms with E-state index < -0.39 is 0 Å². The summed E-state index contributed by atoms with van der Waals surface area (Å²) >= 11 is 5.23. The van der Waals surface area contributed by atoms with Gasteiger partial charge in [-0.3, -0.25) is 5.10 Å². The van der Waals surface area contributed by atoms with Gasteiger partial charge in [0, 0.05) is 6.42 Å². The molecule has 2 N–H and O–H groups in total. The molecule has 142 valence electrons. The van der Waals surface area contributed by atoms with Crippen LogP contribution in [0.1, 0.15) is 18.3 Å². The number of ether oxygens (including phenoxy) is 1. The number of nitrogens with one attached hydrogen (secondary N) is 2. The summed E-state index contributed by atoms with van der Waals surface area (Å²) in [5.74, 6) is 1.50. The Bertz CT molecular complexity index is 1100. The van der Waals surface area contributed by atoms with Crippen molar-refractivity contribution in [2.75, 3.05) is 5.43 Å². The Morgan fingerprint density at radius 3 is 2.64 bits per heavy atom. The molecule has 0 aliphatic heterocycles. The van der Waals surface area contributed by atoms with Crippen LogP contribution in [-0.2, 0) is 13.0 Å². The molecule has 0 fully saturated rings. The highest BCUT2D eigenvalue weighted by Gasteiger charge is 2.10. The van der Waals surface area contributed by atoms with Gasteiger partial charge in [-0.25, -0.2) is 4.68 Å². The van der Waals surface area contributed by atoms with Gasteiger partial charge in [-0.15, -0.1) is 0 Å². The lowest BCUT2D eigenvalue weighted by atomic mass is 10.2. The smallest absolute Gasteiger partial charge is 0.345 e. The summed E-state index contributed by atoms with van der Waals surface area (Å²) < 4.78 is 9.71. The molecule has 0 aliphatic rings. The van der Waals surface area contributed by atoms with Crippen molar-refractivity contribution in [3.8, 4) is 17.4 Å². The number of aromatic amines is 1. The van der Waals surface area contributed by atoms with Crippen molar-refractivity contribution in [3.05, 3.63) is 70.8 Å². The molecular weight excluding hydrogens is 376 g/mol. The number of hydrogen-bond acceptors (Lipinski definition) is 7. The number of nitrogens with zero attached hydrogens (tertiary/aromatic N) is 6. The van der Waals surface area contributed by atoms with Crippen molar-refractivity contribution < 1.29 is 4.74 Å². The molecule has 0 radical (unpaired) electrons. The Balaban J connectivity index is 1.44. The van der Waals surface area contributed by atoms with E-state index in [2.05, 4.69) is 31.1 Å². The topological polar surface area (TPSA) is 98.5 Å². The van der Waals surface area contributed by atoms with Crippen LogP contribution in [0.2, 0.25) is 0 Å². The highest BCUT2D eigenvalue weighted by molar-refractivity contribution is 7.71. The zero-order valence-electron chi connectivity index (χ0n) is 15.1. The number of tetrazole rings is 1. The highest BCUT2D eigenvalue weighted by Crippen LogP contribution is 2.21. The lowest BCUT2D eigenvalue weighted by Crippen LogP contribution is -2.17. The second-order valence-electron chi connectivity index (χ2n) is 5.92. The fraction of sp³-hybridized carbons (Fsp3) is 0.167. The van der Waals surface area contributed by atoms with Gasteiger partial charge in [0.05, 0.1) is 12.2 Å². The van der Waals surface area contributed by atoms with Gasteiger partial charge >= 0.3 is 6.01 Å². The number of rotatable bonds is 7. The first-order valence-electron chi connectivity index (χ1n) is 8.75. The van der Waals surface area contributed by atoms with Gasteiger partial charge in [0.2, 0.25) is 4.77 Å². The predicted octanol–water partition coefficient (Wildman–Crippen LogP) is 3.01. The van der Waals surface area contributed by atoms with Gasteiger partial charge in [0.25, 0.3) is 0 Å². The molecular formula is C18H18N8OS. The van der Waals surface area contributed by atoms with E-state index in [0.717, 1.165) is 23.5 Å². The van der Waals surface area contributed by atoms with Gasteiger partial charge in [-0.05, 0) is 52.5 Å². The van der Waals surface area contributed by atoms with Crippen LogP contribution in [0, 0.1) is 4.77 Å². The minimum atomic E-state index is 0.300. The Morgan fingerprint density at radius 1 is 1.11 bits per heavy atom. The molecule has 2 aromatic heterocycles. The summed E-state index contributed by atoms with van der Waals surface area (Å²) in [5.41, 5.74) is 5.16. The van der Waals surface area contributed by atoms with E-state index in [9.17, 15) is 0 Å². The lowest BCUT2D eigenvalue weighted by molar-refractivity contribution is 0.427. The van der Waals surface area contributed by atoms with Crippen LogP contribution in [0.4, 0.5) is 0 Å². The van der Waals surface area contributed by atoms with Crippen LogP contribution >= 0.6 is 12.2 Å². The Kier molecular flexibility index (Phi) is 5.11. The van der Waals surface area contributed by atoms with E-state index in [1.54, 1.807) is 9.36 Å². The maximum absolute atomic E-state index is 5.83. The Labute approximate surface area is 166 Å². The number of aryl methyl sites for hydroxylation is 1. The van der Waals surface area contributed by atoms with E-state index in [-0.39, 0.29) is 0 Å². The molecule has 0 aliphatic carbocycles. The molecule has 0 saturated heterocycles. The van der Waals surface area contributed by atoms with Gasteiger partial charge < -0.3 is 10.2 Å². The van der Waals surface area contributed by atoms with Gasteiger partial charge in [-0.1, -0.05) is 42.4 Å². The predicted molar refractivity (Wildman–Crippen MR) is 106 cm³/mol. The molecule has 4 aromatic rings. The number of H-pyrrole nitrogens is 1. The molecule has 9 nitrogen and oxygen atoms in total. The van der Waals surface area contributed by atoms with Crippen LogP contribution in [-0.4, -0.2) is 35.1 Å². The first-order valence-corrected chi connectivity index (χ1v) is 9.16. The van der Waals surface area contributed by atoms with Gasteiger partial charge in [0.15, 0.2) is 5.82 Å². The van der Waals surface area contributed by atoms with Crippen LogP contribution in [0.3, 0.4) is 0 Å². The maximum atomic E-state index is 5.83. The molecule has 28 heavy (non-hydrogen) atoms. The number of para-hydroxylation sites is 1. The van der Waals surface area contributed by atoms with Gasteiger partial charge in [0.1, 0.15) is 5.75 Å². The van der Waals surface area contributed by atoms with Crippen molar-refractivity contribution in [2.45, 2.75) is 19.9 Å². The molecule has 4 rings (SSSR count). The molecule has 0 unspecified atom stereocenters. The molecule has 0 atom stereocenters. The Hall–Kier alpha value is -3.53. The summed E-state index contributed by atoms with van der Waals surface area (Å²) in [4.78, 5) is 0. The van der Waals surface area contributed by atoms with E-state index in [1.807, 2.05) is 61.5 Å². The number of benzene rings is 2. The Morgan fingerprint density at radius 2 is 1.89 bits per heavy atom. The molecule has 0 amide bonds. The van der Waals surface area contributed by atoms with E-state index in [4.69, 9.17) is 17.0 Å². The van der Waals surface area contributed by atoms with Crippen molar-refractivity contribution in [2.24, 2.45) is 0 Å². The molecule has 0 saturated carbocycles. The fourth-order valence-electron chi connectivity index (χ4n) is 2.65. The van der Waals surface area contributed by atoms with E-state index in [0.29, 0.717) is 23.1 Å². The van der Waals surface area contributed by atoms with Crippen molar-refractivity contribution in [1.82, 2.24) is 35.1 Å². The summed E-state index contributed by atoms with van der Waals surface area (Å²) in [6.45, 7) is 2.63. The third-order valence-electron chi connectivity index (χ3n) is 4.07.